The first-order chi connectivity index (χ1) is 10.9. The maximum absolute atomic E-state index is 11.7. The van der Waals surface area contributed by atoms with Gasteiger partial charge in [-0.05, 0) is 0 Å². The van der Waals surface area contributed by atoms with Crippen LogP contribution in [0.4, 0.5) is 0 Å². The quantitative estimate of drug-likeness (QED) is 0.289. The third-order valence-corrected chi connectivity index (χ3v) is 6.66. The number of rotatable bonds is 5. The molecule has 1 aromatic heterocycles. The molecular weight excluding hydrogens is 374 g/mol. The van der Waals surface area contributed by atoms with Gasteiger partial charge in [-0.1, -0.05) is 0 Å². The van der Waals surface area contributed by atoms with Gasteiger partial charge in [0.25, 0.3) is 5.56 Å². The minimum atomic E-state index is -5.45. The van der Waals surface area contributed by atoms with Gasteiger partial charge in [0.2, 0.25) is 0 Å². The van der Waals surface area contributed by atoms with E-state index < -0.39 is 57.0 Å². The molecule has 0 aliphatic carbocycles. The number of nitrogens with one attached hydrogen (secondary N) is 1. The van der Waals surface area contributed by atoms with E-state index in [0.717, 1.165) is 16.8 Å². The molecule has 1 aliphatic rings. The summed E-state index contributed by atoms with van der Waals surface area (Å²) in [7, 11) is -10.8. The van der Waals surface area contributed by atoms with Crippen LogP contribution in [0.3, 0.4) is 0 Å². The molecule has 0 radical (unpaired) electrons. The molecule has 1 fully saturated rings. The molecule has 0 aromatic carbocycles. The fourth-order valence-electron chi connectivity index (χ4n) is 1.97. The first kappa shape index (κ1) is 19.2. The van der Waals surface area contributed by atoms with E-state index in [4.69, 9.17) is 19.4 Å². The van der Waals surface area contributed by atoms with Crippen molar-refractivity contribution in [1.29, 1.82) is 0 Å². The number of H-pyrrole nitrogens is 1. The molecule has 24 heavy (non-hydrogen) atoms. The molecule has 0 amide bonds. The van der Waals surface area contributed by atoms with E-state index in [1.165, 1.54) is 0 Å². The van der Waals surface area contributed by atoms with Crippen molar-refractivity contribution in [2.45, 2.75) is 24.5 Å². The summed E-state index contributed by atoms with van der Waals surface area (Å²) in [4.78, 5) is 51.0. The van der Waals surface area contributed by atoms with E-state index in [0.29, 0.717) is 0 Å². The highest BCUT2D eigenvalue weighted by Crippen LogP contribution is 2.74. The van der Waals surface area contributed by atoms with Crippen molar-refractivity contribution < 1.29 is 43.3 Å². The lowest BCUT2D eigenvalue weighted by molar-refractivity contribution is -0.0522. The molecule has 6 N–H and O–H groups in total. The minimum Gasteiger partial charge on any atom is -0.387 e. The zero-order valence-corrected chi connectivity index (χ0v) is 13.5. The van der Waals surface area contributed by atoms with Crippen LogP contribution in [-0.4, -0.2) is 59.4 Å². The Kier molecular flexibility index (Phi) is 5.31. The van der Waals surface area contributed by atoms with E-state index in [2.05, 4.69) is 4.52 Å². The van der Waals surface area contributed by atoms with Gasteiger partial charge in [-0.25, -0.2) is 13.9 Å². The van der Waals surface area contributed by atoms with E-state index in [1.807, 2.05) is 4.98 Å². The highest BCUT2D eigenvalue weighted by atomic mass is 32.1. The molecule has 2 heterocycles. The van der Waals surface area contributed by atoms with Crippen molar-refractivity contribution in [2.24, 2.45) is 0 Å². The summed E-state index contributed by atoms with van der Waals surface area (Å²) in [6, 6.07) is 0.962. The number of hydrogen-bond donors (Lipinski definition) is 6. The second kappa shape index (κ2) is 6.64. The highest BCUT2D eigenvalue weighted by molar-refractivity contribution is 8.26. The summed E-state index contributed by atoms with van der Waals surface area (Å²) in [5, 5.41) is 19.7. The number of hydrogen-bond acceptors (Lipinski definition) is 8. The van der Waals surface area contributed by atoms with Crippen LogP contribution in [0.15, 0.2) is 21.9 Å². The summed E-state index contributed by atoms with van der Waals surface area (Å²) in [5.74, 6) is 0. The van der Waals surface area contributed by atoms with Gasteiger partial charge in [0.1, 0.15) is 18.3 Å². The SMILES string of the molecule is O=c1ccn([C@@H]2O[C@H](COP(=O)(O)P(=O)(O)O)[C@@H](O)[C@H]2O)c(=O)[nH]1. The van der Waals surface area contributed by atoms with Gasteiger partial charge in [-0.3, -0.25) is 18.9 Å². The Balaban J connectivity index is 2.16. The molecular formula is C9H14N2O11P2. The largest absolute Gasteiger partial charge is 0.438 e. The molecule has 15 heteroatoms. The molecule has 1 unspecified atom stereocenters. The first-order valence-electron chi connectivity index (χ1n) is 6.30. The van der Waals surface area contributed by atoms with Gasteiger partial charge in [-0.2, -0.15) is 0 Å². The first-order valence-corrected chi connectivity index (χ1v) is 10.2. The Labute approximate surface area is 132 Å². The summed E-state index contributed by atoms with van der Waals surface area (Å²) < 4.78 is 32.2. The molecule has 136 valence electrons. The normalized spacial score (nSPS) is 30.2. The van der Waals surface area contributed by atoms with E-state index >= 15 is 0 Å². The number of aromatic nitrogens is 2. The predicted molar refractivity (Wildman–Crippen MR) is 75.1 cm³/mol. The van der Waals surface area contributed by atoms with Gasteiger partial charge in [0, 0.05) is 12.3 Å². The fourth-order valence-corrected chi connectivity index (χ4v) is 3.11. The summed E-state index contributed by atoms with van der Waals surface area (Å²) in [6.07, 6.45) is -5.28. The van der Waals surface area contributed by atoms with E-state index in [1.54, 1.807) is 0 Å². The van der Waals surface area contributed by atoms with E-state index in [-0.39, 0.29) is 0 Å². The van der Waals surface area contributed by atoms with Crippen LogP contribution in [0.5, 0.6) is 0 Å². The van der Waals surface area contributed by atoms with Crippen LogP contribution < -0.4 is 11.2 Å². The Morgan fingerprint density at radius 3 is 2.38 bits per heavy atom. The Bertz CT molecular complexity index is 812. The summed E-state index contributed by atoms with van der Waals surface area (Å²) >= 11 is 0. The Hall–Kier alpha value is -1.14. The van der Waals surface area contributed by atoms with Crippen LogP contribution in [0, 0.1) is 0 Å². The van der Waals surface area contributed by atoms with Crippen molar-refractivity contribution in [1.82, 2.24) is 9.55 Å². The third-order valence-electron chi connectivity index (χ3n) is 3.20. The number of ether oxygens (including phenoxy) is 1. The lowest BCUT2D eigenvalue weighted by Gasteiger charge is -2.18. The zero-order chi connectivity index (χ0) is 18.3. The van der Waals surface area contributed by atoms with Gasteiger partial charge in [-0.15, -0.1) is 0 Å². The molecule has 0 spiro atoms. The Morgan fingerprint density at radius 1 is 1.21 bits per heavy atom. The van der Waals surface area contributed by atoms with Gasteiger partial charge in [0.05, 0.1) is 6.61 Å². The molecule has 0 saturated carbocycles. The lowest BCUT2D eigenvalue weighted by Crippen LogP contribution is -2.37. The van der Waals surface area contributed by atoms with Crippen molar-refractivity contribution in [3.63, 3.8) is 0 Å². The smallest absolute Gasteiger partial charge is 0.387 e. The number of nitrogens with zero attached hydrogens (tertiary/aromatic N) is 1. The number of aromatic amines is 1. The molecule has 5 atom stereocenters. The van der Waals surface area contributed by atoms with Crippen LogP contribution in [0.1, 0.15) is 6.23 Å². The van der Waals surface area contributed by atoms with Crippen LogP contribution >= 0.6 is 14.6 Å². The van der Waals surface area contributed by atoms with Crippen molar-refractivity contribution in [3.8, 4) is 0 Å². The molecule has 2 rings (SSSR count). The molecule has 13 nitrogen and oxygen atoms in total. The fraction of sp³-hybridized carbons (Fsp3) is 0.556. The van der Waals surface area contributed by atoms with Crippen LogP contribution in [-0.2, 0) is 18.4 Å². The van der Waals surface area contributed by atoms with Crippen LogP contribution in [0.2, 0.25) is 0 Å². The monoisotopic (exact) mass is 388 g/mol. The van der Waals surface area contributed by atoms with Crippen molar-refractivity contribution in [3.05, 3.63) is 33.1 Å². The second-order valence-electron chi connectivity index (χ2n) is 4.86. The van der Waals surface area contributed by atoms with E-state index in [9.17, 15) is 28.9 Å². The molecule has 1 aliphatic heterocycles. The highest BCUT2D eigenvalue weighted by Gasteiger charge is 2.47. The number of aliphatic hydroxyl groups is 2. The van der Waals surface area contributed by atoms with Gasteiger partial charge < -0.3 is 29.6 Å². The average Bonchev–Trinajstić information content (AvgIpc) is 2.72. The average molecular weight is 388 g/mol. The summed E-state index contributed by atoms with van der Waals surface area (Å²) in [5.41, 5.74) is -1.64. The van der Waals surface area contributed by atoms with Crippen molar-refractivity contribution in [2.75, 3.05) is 6.61 Å². The predicted octanol–water partition coefficient (Wildman–Crippen LogP) is -2.55. The zero-order valence-electron chi connectivity index (χ0n) is 11.7. The summed E-state index contributed by atoms with van der Waals surface area (Å²) in [6.45, 7) is -0.939. The van der Waals surface area contributed by atoms with Gasteiger partial charge in [0.15, 0.2) is 6.23 Å². The molecule has 1 saturated heterocycles. The van der Waals surface area contributed by atoms with Crippen LogP contribution in [0.25, 0.3) is 0 Å². The molecule has 1 aromatic rings. The maximum Gasteiger partial charge on any atom is 0.438 e. The third kappa shape index (κ3) is 3.75. The van der Waals surface area contributed by atoms with Crippen molar-refractivity contribution >= 4 is 14.6 Å². The lowest BCUT2D eigenvalue weighted by atomic mass is 10.1. The standard InChI is InChI=1S/C9H14N2O11P2/c12-5-1-2-11(9(15)10-5)8-7(14)6(13)4(22-8)3-21-24(19,20)23(16,17)18/h1-2,4,6-8,13-14H,3H2,(H,19,20)(H,10,12,15)(H2,16,17,18)/t4-,6-,7-,8-/m1/s1. The Morgan fingerprint density at radius 2 is 1.83 bits per heavy atom. The second-order valence-corrected chi connectivity index (χ2v) is 10.2. The topological polar surface area (TPSA) is 209 Å². The molecule has 0 bridgehead atoms. The minimum absolute atomic E-state index is 0.702. The number of aliphatic hydroxyl groups excluding tert-OH is 2. The van der Waals surface area contributed by atoms with Gasteiger partial charge >= 0.3 is 20.3 Å². The maximum atomic E-state index is 11.7.